The minimum absolute atomic E-state index is 0.322. The first-order chi connectivity index (χ1) is 17.2. The predicted octanol–water partition coefficient (Wildman–Crippen LogP) is 4.32. The number of aliphatic hydroxyl groups excluding tert-OH is 2. The van der Waals surface area contributed by atoms with E-state index in [9.17, 15) is 10.2 Å². The number of rotatable bonds is 27. The third kappa shape index (κ3) is 29.1. The third-order valence-corrected chi connectivity index (χ3v) is 6.01. The number of hydrogen-bond acceptors (Lipinski definition) is 6. The Hall–Kier alpha value is -1.02. The minimum atomic E-state index is -0.424. The summed E-state index contributed by atoms with van der Waals surface area (Å²) in [7, 11) is 0. The standard InChI is InChI=1S/C29H58N4O2/c30-24-28(34)26-32-22-20-18-16-14-12-10-8-6-4-2-1-3-5-7-9-11-13-15-17-19-21-23-33-27-29(35)25-31/h1-2,16-19,28-29,32-35H,3-15,20-27,30-31H2/b2-1-,18-16-,19-17-. The first-order valence-corrected chi connectivity index (χ1v) is 14.3. The van der Waals surface area contributed by atoms with Crippen molar-refractivity contribution < 1.29 is 10.2 Å². The van der Waals surface area contributed by atoms with E-state index in [1.54, 1.807) is 0 Å². The smallest absolute Gasteiger partial charge is 0.0786 e. The van der Waals surface area contributed by atoms with Gasteiger partial charge in [-0.15, -0.1) is 0 Å². The van der Waals surface area contributed by atoms with Gasteiger partial charge in [-0.05, 0) is 77.3 Å². The molecule has 6 heteroatoms. The van der Waals surface area contributed by atoms with E-state index >= 15 is 0 Å². The average Bonchev–Trinajstić information content (AvgIpc) is 2.87. The largest absolute Gasteiger partial charge is 0.390 e. The van der Waals surface area contributed by atoms with Crippen LogP contribution in [0.5, 0.6) is 0 Å². The zero-order valence-electron chi connectivity index (χ0n) is 22.5. The fourth-order valence-corrected chi connectivity index (χ4v) is 3.71. The van der Waals surface area contributed by atoms with E-state index in [0.29, 0.717) is 26.2 Å². The van der Waals surface area contributed by atoms with E-state index in [4.69, 9.17) is 11.5 Å². The fraction of sp³-hybridized carbons (Fsp3) is 0.793. The Morgan fingerprint density at radius 3 is 1.06 bits per heavy atom. The molecule has 0 aliphatic heterocycles. The van der Waals surface area contributed by atoms with Crippen LogP contribution in [0.2, 0.25) is 0 Å². The third-order valence-electron chi connectivity index (χ3n) is 6.01. The molecule has 206 valence electrons. The van der Waals surface area contributed by atoms with Crippen molar-refractivity contribution in [3.8, 4) is 0 Å². The summed E-state index contributed by atoms with van der Waals surface area (Å²) in [6.07, 6.45) is 31.7. The molecule has 0 bridgehead atoms. The van der Waals surface area contributed by atoms with E-state index in [1.807, 2.05) is 0 Å². The molecule has 2 unspecified atom stereocenters. The van der Waals surface area contributed by atoms with Gasteiger partial charge in [0.1, 0.15) is 0 Å². The molecule has 0 rings (SSSR count). The van der Waals surface area contributed by atoms with Gasteiger partial charge in [-0.2, -0.15) is 0 Å². The van der Waals surface area contributed by atoms with E-state index in [0.717, 1.165) is 25.9 Å². The predicted molar refractivity (Wildman–Crippen MR) is 153 cm³/mol. The number of aliphatic hydroxyl groups is 2. The van der Waals surface area contributed by atoms with E-state index in [1.165, 1.54) is 83.5 Å². The quantitative estimate of drug-likeness (QED) is 0.0748. The second kappa shape index (κ2) is 29.2. The van der Waals surface area contributed by atoms with Gasteiger partial charge in [0.25, 0.3) is 0 Å². The molecule has 0 saturated heterocycles. The van der Waals surface area contributed by atoms with Crippen LogP contribution in [0.4, 0.5) is 0 Å². The molecular formula is C29H58N4O2. The zero-order chi connectivity index (χ0) is 25.7. The van der Waals surface area contributed by atoms with Gasteiger partial charge >= 0.3 is 0 Å². The molecule has 0 amide bonds. The Kier molecular flexibility index (Phi) is 28.4. The average molecular weight is 495 g/mol. The van der Waals surface area contributed by atoms with Gasteiger partial charge in [0.2, 0.25) is 0 Å². The Morgan fingerprint density at radius 2 is 0.743 bits per heavy atom. The number of nitrogens with one attached hydrogen (secondary N) is 2. The van der Waals surface area contributed by atoms with Crippen LogP contribution in [-0.4, -0.2) is 61.7 Å². The molecule has 0 spiro atoms. The molecule has 2 atom stereocenters. The van der Waals surface area contributed by atoms with Crippen LogP contribution in [0.15, 0.2) is 36.5 Å². The van der Waals surface area contributed by atoms with Crippen molar-refractivity contribution in [1.82, 2.24) is 10.6 Å². The lowest BCUT2D eigenvalue weighted by atomic mass is 10.1. The van der Waals surface area contributed by atoms with Crippen LogP contribution in [0.1, 0.15) is 96.3 Å². The normalized spacial score (nSPS) is 14.1. The summed E-state index contributed by atoms with van der Waals surface area (Å²) in [5.74, 6) is 0. The van der Waals surface area contributed by atoms with Gasteiger partial charge in [0.05, 0.1) is 12.2 Å². The van der Waals surface area contributed by atoms with Gasteiger partial charge in [0.15, 0.2) is 0 Å². The van der Waals surface area contributed by atoms with Crippen LogP contribution in [0, 0.1) is 0 Å². The molecule has 0 saturated carbocycles. The molecule has 0 fully saturated rings. The van der Waals surface area contributed by atoms with Gasteiger partial charge in [-0.1, -0.05) is 68.6 Å². The lowest BCUT2D eigenvalue weighted by molar-refractivity contribution is 0.180. The van der Waals surface area contributed by atoms with Crippen LogP contribution >= 0.6 is 0 Å². The van der Waals surface area contributed by atoms with Gasteiger partial charge in [-0.25, -0.2) is 0 Å². The van der Waals surface area contributed by atoms with Crippen molar-refractivity contribution in [3.63, 3.8) is 0 Å². The molecule has 8 N–H and O–H groups in total. The molecule has 35 heavy (non-hydrogen) atoms. The van der Waals surface area contributed by atoms with Crippen molar-refractivity contribution >= 4 is 0 Å². The Bertz CT molecular complexity index is 497. The van der Waals surface area contributed by atoms with Crippen molar-refractivity contribution in [3.05, 3.63) is 36.5 Å². The molecule has 0 aromatic carbocycles. The molecule has 0 aromatic heterocycles. The van der Waals surface area contributed by atoms with E-state index in [2.05, 4.69) is 47.1 Å². The Balaban J connectivity index is 3.22. The first kappa shape index (κ1) is 34.0. The maximum absolute atomic E-state index is 9.34. The Morgan fingerprint density at radius 1 is 0.457 bits per heavy atom. The van der Waals surface area contributed by atoms with Gasteiger partial charge < -0.3 is 32.3 Å². The number of nitrogens with two attached hydrogens (primary N) is 2. The van der Waals surface area contributed by atoms with Crippen LogP contribution < -0.4 is 22.1 Å². The highest BCUT2D eigenvalue weighted by Gasteiger charge is 1.98. The summed E-state index contributed by atoms with van der Waals surface area (Å²) in [4.78, 5) is 0. The summed E-state index contributed by atoms with van der Waals surface area (Å²) < 4.78 is 0. The van der Waals surface area contributed by atoms with Crippen LogP contribution in [0.3, 0.4) is 0 Å². The second-order valence-corrected chi connectivity index (χ2v) is 9.52. The maximum Gasteiger partial charge on any atom is 0.0786 e. The monoisotopic (exact) mass is 494 g/mol. The van der Waals surface area contributed by atoms with Gasteiger partial charge in [0, 0.05) is 26.2 Å². The number of hydrogen-bond donors (Lipinski definition) is 6. The summed E-state index contributed by atoms with van der Waals surface area (Å²) in [5.41, 5.74) is 10.7. The topological polar surface area (TPSA) is 117 Å². The summed E-state index contributed by atoms with van der Waals surface area (Å²) in [6, 6.07) is 0. The lowest BCUT2D eigenvalue weighted by Gasteiger charge is -2.07. The second-order valence-electron chi connectivity index (χ2n) is 9.52. The van der Waals surface area contributed by atoms with Crippen molar-refractivity contribution in [1.29, 1.82) is 0 Å². The molecule has 0 aromatic rings. The summed E-state index contributed by atoms with van der Waals surface area (Å²) in [6.45, 7) is 3.62. The number of allylic oxidation sites excluding steroid dienone is 4. The minimum Gasteiger partial charge on any atom is -0.390 e. The van der Waals surface area contributed by atoms with Crippen LogP contribution in [0.25, 0.3) is 0 Å². The highest BCUT2D eigenvalue weighted by molar-refractivity contribution is 4.84. The first-order valence-electron chi connectivity index (χ1n) is 14.3. The lowest BCUT2D eigenvalue weighted by Crippen LogP contribution is -2.32. The SMILES string of the molecule is NCC(O)CNCC/C=C\CCCCCC/C=C\CCCCCCC/C=C\CCNCC(O)CN. The molecule has 0 aliphatic rings. The van der Waals surface area contributed by atoms with Crippen molar-refractivity contribution in [2.75, 3.05) is 39.3 Å². The molecule has 6 nitrogen and oxygen atoms in total. The van der Waals surface area contributed by atoms with Crippen LogP contribution in [-0.2, 0) is 0 Å². The summed E-state index contributed by atoms with van der Waals surface area (Å²) in [5, 5.41) is 25.1. The zero-order valence-corrected chi connectivity index (χ0v) is 22.5. The Labute approximate surface area is 216 Å². The van der Waals surface area contributed by atoms with E-state index < -0.39 is 12.2 Å². The van der Waals surface area contributed by atoms with Crippen molar-refractivity contribution in [2.45, 2.75) is 109 Å². The maximum atomic E-state index is 9.34. The van der Waals surface area contributed by atoms with E-state index in [-0.39, 0.29) is 0 Å². The number of unbranched alkanes of at least 4 members (excludes halogenated alkanes) is 11. The molecule has 0 aliphatic carbocycles. The molecule has 0 heterocycles. The molecule has 0 radical (unpaired) electrons. The summed E-state index contributed by atoms with van der Waals surface area (Å²) >= 11 is 0. The fourth-order valence-electron chi connectivity index (χ4n) is 3.71. The molecular weight excluding hydrogens is 436 g/mol. The highest BCUT2D eigenvalue weighted by Crippen LogP contribution is 2.10. The highest BCUT2D eigenvalue weighted by atomic mass is 16.3. The van der Waals surface area contributed by atoms with Gasteiger partial charge in [-0.3, -0.25) is 0 Å². The van der Waals surface area contributed by atoms with Crippen molar-refractivity contribution in [2.24, 2.45) is 11.5 Å².